The van der Waals surface area contributed by atoms with Gasteiger partial charge in [0, 0.05) is 18.7 Å². The van der Waals surface area contributed by atoms with Gasteiger partial charge < -0.3 is 9.32 Å². The van der Waals surface area contributed by atoms with Gasteiger partial charge in [-0.2, -0.15) is 0 Å². The Hall–Kier alpha value is -2.08. The lowest BCUT2D eigenvalue weighted by molar-refractivity contribution is -0.127. The van der Waals surface area contributed by atoms with Crippen LogP contribution in [0.1, 0.15) is 25.0 Å². The first-order valence-corrected chi connectivity index (χ1v) is 8.84. The minimum atomic E-state index is 0.0386. The summed E-state index contributed by atoms with van der Waals surface area (Å²) in [5.74, 6) is 0.790. The third-order valence-corrected chi connectivity index (χ3v) is 4.19. The molecule has 0 unspecified atom stereocenters. The zero-order valence-electron chi connectivity index (χ0n) is 14.6. The average molecular weight is 345 g/mol. The molecule has 0 aliphatic carbocycles. The summed E-state index contributed by atoms with van der Waals surface area (Å²) in [6.07, 6.45) is 0. The number of carbonyl (C=O) groups is 1. The van der Waals surface area contributed by atoms with E-state index in [1.165, 1.54) is 11.8 Å². The maximum Gasteiger partial charge on any atom is 0.277 e. The highest BCUT2D eigenvalue weighted by Gasteiger charge is 2.15. The number of aryl methyl sites for hydroxylation is 2. The van der Waals surface area contributed by atoms with E-state index in [1.54, 1.807) is 4.90 Å². The smallest absolute Gasteiger partial charge is 0.277 e. The normalized spacial score (nSPS) is 10.7. The lowest BCUT2D eigenvalue weighted by Gasteiger charge is -2.20. The number of nitrogens with zero attached hydrogens (tertiary/aromatic N) is 3. The van der Waals surface area contributed by atoms with Crippen molar-refractivity contribution < 1.29 is 9.21 Å². The molecule has 0 aliphatic heterocycles. The van der Waals surface area contributed by atoms with Crippen LogP contribution < -0.4 is 0 Å². The van der Waals surface area contributed by atoms with Gasteiger partial charge in [-0.25, -0.2) is 0 Å². The second-order valence-electron chi connectivity index (χ2n) is 5.90. The van der Waals surface area contributed by atoms with Gasteiger partial charge in [0.05, 0.1) is 5.75 Å². The molecule has 0 fully saturated rings. The van der Waals surface area contributed by atoms with E-state index in [1.807, 2.05) is 39.8 Å². The van der Waals surface area contributed by atoms with Crippen LogP contribution in [0.4, 0.5) is 0 Å². The van der Waals surface area contributed by atoms with Crippen molar-refractivity contribution in [1.29, 1.82) is 0 Å². The molecule has 5 nitrogen and oxygen atoms in total. The fourth-order valence-electron chi connectivity index (χ4n) is 2.40. The predicted molar refractivity (Wildman–Crippen MR) is 97.0 cm³/mol. The number of likely N-dealkylation sites (N-methyl/N-ethyl adjacent to an activating group) is 1. The number of hydrogen-bond acceptors (Lipinski definition) is 5. The largest absolute Gasteiger partial charge is 0.411 e. The number of hydrogen-bond donors (Lipinski definition) is 0. The SMILES string of the molecule is C=C(C)CN(CC)C(=O)CSc1nnc(-c2cc(C)cc(C)c2)o1. The van der Waals surface area contributed by atoms with Crippen molar-refractivity contribution in [2.24, 2.45) is 0 Å². The van der Waals surface area contributed by atoms with E-state index >= 15 is 0 Å². The molecule has 1 aromatic carbocycles. The third-order valence-electron chi connectivity index (χ3n) is 3.39. The van der Waals surface area contributed by atoms with Gasteiger partial charge in [0.25, 0.3) is 5.22 Å². The van der Waals surface area contributed by atoms with E-state index < -0.39 is 0 Å². The molecule has 0 atom stereocenters. The Kier molecular flexibility index (Phi) is 6.20. The summed E-state index contributed by atoms with van der Waals surface area (Å²) < 4.78 is 5.68. The van der Waals surface area contributed by atoms with Crippen molar-refractivity contribution in [3.8, 4) is 11.5 Å². The maximum absolute atomic E-state index is 12.2. The van der Waals surface area contributed by atoms with Gasteiger partial charge >= 0.3 is 0 Å². The van der Waals surface area contributed by atoms with Crippen LogP contribution >= 0.6 is 11.8 Å². The Labute approximate surface area is 147 Å². The summed E-state index contributed by atoms with van der Waals surface area (Å²) in [5, 5.41) is 8.52. The zero-order chi connectivity index (χ0) is 17.7. The van der Waals surface area contributed by atoms with Crippen LogP contribution in [0.5, 0.6) is 0 Å². The molecule has 0 bridgehead atoms. The van der Waals surface area contributed by atoms with Gasteiger partial charge in [0.2, 0.25) is 11.8 Å². The number of amides is 1. The summed E-state index contributed by atoms with van der Waals surface area (Å²) in [5.41, 5.74) is 4.15. The number of carbonyl (C=O) groups excluding carboxylic acids is 1. The Morgan fingerprint density at radius 3 is 2.50 bits per heavy atom. The topological polar surface area (TPSA) is 59.2 Å². The first-order chi connectivity index (χ1) is 11.4. The van der Waals surface area contributed by atoms with Gasteiger partial charge in [-0.3, -0.25) is 4.79 Å². The highest BCUT2D eigenvalue weighted by molar-refractivity contribution is 7.99. The monoisotopic (exact) mass is 345 g/mol. The van der Waals surface area contributed by atoms with Crippen molar-refractivity contribution >= 4 is 17.7 Å². The van der Waals surface area contributed by atoms with Crippen molar-refractivity contribution in [3.63, 3.8) is 0 Å². The molecule has 6 heteroatoms. The van der Waals surface area contributed by atoms with Crippen LogP contribution in [0.3, 0.4) is 0 Å². The van der Waals surface area contributed by atoms with Gasteiger partial charge in [0.15, 0.2) is 0 Å². The van der Waals surface area contributed by atoms with Crippen molar-refractivity contribution in [2.45, 2.75) is 32.9 Å². The summed E-state index contributed by atoms with van der Waals surface area (Å²) in [6.45, 7) is 13.0. The summed E-state index contributed by atoms with van der Waals surface area (Å²) in [7, 11) is 0. The highest BCUT2D eigenvalue weighted by Crippen LogP contribution is 2.25. The van der Waals surface area contributed by atoms with Gasteiger partial charge in [0.1, 0.15) is 0 Å². The lowest BCUT2D eigenvalue weighted by atomic mass is 10.1. The van der Waals surface area contributed by atoms with E-state index in [0.717, 1.165) is 22.3 Å². The van der Waals surface area contributed by atoms with Crippen molar-refractivity contribution in [3.05, 3.63) is 41.5 Å². The van der Waals surface area contributed by atoms with Crippen LogP contribution in [0.2, 0.25) is 0 Å². The number of aromatic nitrogens is 2. The molecular weight excluding hydrogens is 322 g/mol. The van der Waals surface area contributed by atoms with Crippen LogP contribution in [0, 0.1) is 13.8 Å². The molecule has 0 spiro atoms. The predicted octanol–water partition coefficient (Wildman–Crippen LogP) is 3.87. The Bertz CT molecular complexity index is 719. The lowest BCUT2D eigenvalue weighted by Crippen LogP contribution is -2.33. The maximum atomic E-state index is 12.2. The van der Waals surface area contributed by atoms with Crippen molar-refractivity contribution in [1.82, 2.24) is 15.1 Å². The molecule has 0 saturated carbocycles. The van der Waals surface area contributed by atoms with Gasteiger partial charge in [-0.1, -0.05) is 41.1 Å². The number of benzene rings is 1. The molecule has 1 heterocycles. The highest BCUT2D eigenvalue weighted by atomic mass is 32.2. The molecule has 0 saturated heterocycles. The third kappa shape index (κ3) is 4.96. The fraction of sp³-hybridized carbons (Fsp3) is 0.389. The minimum absolute atomic E-state index is 0.0386. The van der Waals surface area contributed by atoms with E-state index in [2.05, 4.69) is 22.8 Å². The van der Waals surface area contributed by atoms with Crippen LogP contribution in [0.25, 0.3) is 11.5 Å². The fourth-order valence-corrected chi connectivity index (χ4v) is 3.07. The zero-order valence-corrected chi connectivity index (χ0v) is 15.4. The molecule has 1 amide bonds. The molecule has 24 heavy (non-hydrogen) atoms. The summed E-state index contributed by atoms with van der Waals surface area (Å²) >= 11 is 1.26. The van der Waals surface area contributed by atoms with E-state index in [0.29, 0.717) is 24.2 Å². The molecular formula is C18H23N3O2S. The van der Waals surface area contributed by atoms with Crippen LogP contribution in [-0.2, 0) is 4.79 Å². The molecule has 2 rings (SSSR count). The molecule has 0 N–H and O–H groups in total. The second-order valence-corrected chi connectivity index (χ2v) is 6.83. The van der Waals surface area contributed by atoms with Crippen LogP contribution in [-0.4, -0.2) is 39.8 Å². The average Bonchev–Trinajstić information content (AvgIpc) is 2.98. The van der Waals surface area contributed by atoms with E-state index in [4.69, 9.17) is 4.42 Å². The molecule has 2 aromatic rings. The van der Waals surface area contributed by atoms with E-state index in [-0.39, 0.29) is 11.7 Å². The summed E-state index contributed by atoms with van der Waals surface area (Å²) in [4.78, 5) is 14.0. The molecule has 0 radical (unpaired) electrons. The standard InChI is InChI=1S/C18H23N3O2S/c1-6-21(10-12(2)3)16(22)11-24-18-20-19-17(23-18)15-8-13(4)7-14(5)9-15/h7-9H,2,6,10-11H2,1,3-5H3. The number of thioether (sulfide) groups is 1. The first-order valence-electron chi connectivity index (χ1n) is 7.86. The quantitative estimate of drug-likeness (QED) is 0.563. The second kappa shape index (κ2) is 8.15. The Morgan fingerprint density at radius 2 is 1.92 bits per heavy atom. The van der Waals surface area contributed by atoms with Gasteiger partial charge in [-0.05, 0) is 39.8 Å². The minimum Gasteiger partial charge on any atom is -0.411 e. The Balaban J connectivity index is 2.01. The molecule has 128 valence electrons. The van der Waals surface area contributed by atoms with Crippen LogP contribution in [0.15, 0.2) is 40.0 Å². The first kappa shape index (κ1) is 18.3. The summed E-state index contributed by atoms with van der Waals surface area (Å²) in [6, 6.07) is 6.10. The Morgan fingerprint density at radius 1 is 1.25 bits per heavy atom. The van der Waals surface area contributed by atoms with Gasteiger partial charge in [-0.15, -0.1) is 10.2 Å². The number of rotatable bonds is 7. The van der Waals surface area contributed by atoms with E-state index in [9.17, 15) is 4.79 Å². The van der Waals surface area contributed by atoms with Crippen molar-refractivity contribution in [2.75, 3.05) is 18.8 Å². The molecule has 1 aromatic heterocycles. The molecule has 0 aliphatic rings.